The number of hydrogen-bond donors (Lipinski definition) is 1. The van der Waals surface area contributed by atoms with Crippen LogP contribution in [0.15, 0.2) is 12.1 Å². The van der Waals surface area contributed by atoms with Gasteiger partial charge in [-0.25, -0.2) is 0 Å². The second kappa shape index (κ2) is 5.34. The molecule has 2 atom stereocenters. The lowest BCUT2D eigenvalue weighted by Crippen LogP contribution is -2.23. The highest BCUT2D eigenvalue weighted by Crippen LogP contribution is 2.39. The Labute approximate surface area is 121 Å². The molecule has 1 aromatic rings. The Hall–Kier alpha value is -0.730. The van der Waals surface area contributed by atoms with Crippen molar-refractivity contribution in [3.8, 4) is 5.75 Å². The molecule has 1 aromatic carbocycles. The van der Waals surface area contributed by atoms with Crippen LogP contribution in [-0.4, -0.2) is 6.61 Å². The van der Waals surface area contributed by atoms with Crippen molar-refractivity contribution < 1.29 is 4.74 Å². The quantitative estimate of drug-likeness (QED) is 0.894. The van der Waals surface area contributed by atoms with E-state index >= 15 is 0 Å². The Balaban J connectivity index is 2.22. The molecule has 0 fully saturated rings. The average Bonchev–Trinajstić information content (AvgIpc) is 2.74. The maximum atomic E-state index is 6.40. The molecule has 1 aliphatic heterocycles. The van der Waals surface area contributed by atoms with Crippen molar-refractivity contribution in [2.75, 3.05) is 6.61 Å². The molecule has 1 heterocycles. The second-order valence-electron chi connectivity index (χ2n) is 6.69. The molecular weight excluding hydrogens is 258 g/mol. The van der Waals surface area contributed by atoms with Gasteiger partial charge in [-0.1, -0.05) is 39.3 Å². The molecule has 0 saturated heterocycles. The number of benzene rings is 1. The van der Waals surface area contributed by atoms with Gasteiger partial charge in [0.05, 0.1) is 6.61 Å². The van der Waals surface area contributed by atoms with Crippen LogP contribution in [0.1, 0.15) is 51.3 Å². The molecule has 2 unspecified atom stereocenters. The summed E-state index contributed by atoms with van der Waals surface area (Å²) in [7, 11) is 0. The van der Waals surface area contributed by atoms with Gasteiger partial charge in [-0.2, -0.15) is 0 Å². The van der Waals surface area contributed by atoms with Gasteiger partial charge in [0.15, 0.2) is 0 Å². The highest BCUT2D eigenvalue weighted by atomic mass is 35.5. The standard InChI is InChI=1S/C16H24ClNO/c1-10(16(2,3)4)7-14(18)13-9-12(17)8-11-5-6-19-15(11)13/h8-10,14H,5-7,18H2,1-4H3. The van der Waals surface area contributed by atoms with Crippen LogP contribution in [0.5, 0.6) is 5.75 Å². The highest BCUT2D eigenvalue weighted by molar-refractivity contribution is 6.30. The summed E-state index contributed by atoms with van der Waals surface area (Å²) < 4.78 is 5.73. The lowest BCUT2D eigenvalue weighted by atomic mass is 9.77. The normalized spacial score (nSPS) is 17.8. The zero-order chi connectivity index (χ0) is 14.2. The lowest BCUT2D eigenvalue weighted by molar-refractivity contribution is 0.232. The van der Waals surface area contributed by atoms with Crippen LogP contribution in [0.2, 0.25) is 5.02 Å². The van der Waals surface area contributed by atoms with Crippen molar-refractivity contribution in [1.82, 2.24) is 0 Å². The van der Waals surface area contributed by atoms with Gasteiger partial charge in [0.2, 0.25) is 0 Å². The molecule has 0 aliphatic carbocycles. The van der Waals surface area contributed by atoms with Crippen molar-refractivity contribution in [2.24, 2.45) is 17.1 Å². The zero-order valence-corrected chi connectivity index (χ0v) is 13.1. The SMILES string of the molecule is CC(CC(N)c1cc(Cl)cc2c1OCC2)C(C)(C)C. The first-order chi connectivity index (χ1) is 8.79. The van der Waals surface area contributed by atoms with Gasteiger partial charge >= 0.3 is 0 Å². The lowest BCUT2D eigenvalue weighted by Gasteiger charge is -2.30. The van der Waals surface area contributed by atoms with Crippen molar-refractivity contribution in [3.63, 3.8) is 0 Å². The molecule has 106 valence electrons. The van der Waals surface area contributed by atoms with Crippen LogP contribution in [0.25, 0.3) is 0 Å². The van der Waals surface area contributed by atoms with Crippen LogP contribution in [0.3, 0.4) is 0 Å². The summed E-state index contributed by atoms with van der Waals surface area (Å²) in [5.41, 5.74) is 8.92. The number of fused-ring (bicyclic) bond motifs is 1. The Morgan fingerprint density at radius 3 is 2.68 bits per heavy atom. The fourth-order valence-corrected chi connectivity index (χ4v) is 2.68. The van der Waals surface area contributed by atoms with Crippen molar-refractivity contribution in [1.29, 1.82) is 0 Å². The number of ether oxygens (including phenoxy) is 1. The maximum absolute atomic E-state index is 6.40. The first-order valence-electron chi connectivity index (χ1n) is 6.99. The molecule has 0 spiro atoms. The Bertz CT molecular complexity index is 465. The summed E-state index contributed by atoms with van der Waals surface area (Å²) in [4.78, 5) is 0. The van der Waals surface area contributed by atoms with Crippen molar-refractivity contribution in [3.05, 3.63) is 28.3 Å². The van der Waals surface area contributed by atoms with Gasteiger partial charge < -0.3 is 10.5 Å². The van der Waals surface area contributed by atoms with E-state index in [1.807, 2.05) is 12.1 Å². The third kappa shape index (κ3) is 3.24. The average molecular weight is 282 g/mol. The van der Waals surface area contributed by atoms with E-state index in [2.05, 4.69) is 27.7 Å². The molecule has 0 bridgehead atoms. The molecule has 0 aromatic heterocycles. The third-order valence-electron chi connectivity index (χ3n) is 4.26. The molecule has 2 N–H and O–H groups in total. The molecule has 19 heavy (non-hydrogen) atoms. The summed E-state index contributed by atoms with van der Waals surface area (Å²) in [6, 6.07) is 3.94. The van der Waals surface area contributed by atoms with Gasteiger partial charge in [0, 0.05) is 23.0 Å². The van der Waals surface area contributed by atoms with Gasteiger partial charge in [-0.3, -0.25) is 0 Å². The number of hydrogen-bond acceptors (Lipinski definition) is 2. The smallest absolute Gasteiger partial charge is 0.127 e. The van der Waals surface area contributed by atoms with E-state index in [1.54, 1.807) is 0 Å². The Kier molecular flexibility index (Phi) is 4.12. The summed E-state index contributed by atoms with van der Waals surface area (Å²) in [6.45, 7) is 9.76. The van der Waals surface area contributed by atoms with E-state index in [9.17, 15) is 0 Å². The third-order valence-corrected chi connectivity index (χ3v) is 4.48. The molecular formula is C16H24ClNO. The molecule has 2 nitrogen and oxygen atoms in total. The van der Waals surface area contributed by atoms with E-state index in [-0.39, 0.29) is 11.5 Å². The summed E-state index contributed by atoms with van der Waals surface area (Å²) in [5.74, 6) is 1.51. The zero-order valence-electron chi connectivity index (χ0n) is 12.3. The summed E-state index contributed by atoms with van der Waals surface area (Å²) in [6.07, 6.45) is 1.88. The predicted molar refractivity (Wildman–Crippen MR) is 80.8 cm³/mol. The number of rotatable bonds is 3. The van der Waals surface area contributed by atoms with Gasteiger partial charge in [-0.05, 0) is 35.4 Å². The van der Waals surface area contributed by atoms with Crippen LogP contribution in [0.4, 0.5) is 0 Å². The molecule has 2 rings (SSSR count). The van der Waals surface area contributed by atoms with E-state index in [0.29, 0.717) is 5.92 Å². The summed E-state index contributed by atoms with van der Waals surface area (Å²) in [5, 5.41) is 0.762. The molecule has 1 aliphatic rings. The van der Waals surface area contributed by atoms with E-state index < -0.39 is 0 Å². The van der Waals surface area contributed by atoms with E-state index in [0.717, 1.165) is 35.8 Å². The minimum atomic E-state index is -0.0141. The molecule has 3 heteroatoms. The molecule has 0 saturated carbocycles. The monoisotopic (exact) mass is 281 g/mol. The van der Waals surface area contributed by atoms with E-state index in [1.165, 1.54) is 5.56 Å². The van der Waals surface area contributed by atoms with Crippen molar-refractivity contribution in [2.45, 2.75) is 46.6 Å². The number of halogens is 1. The van der Waals surface area contributed by atoms with Crippen LogP contribution in [-0.2, 0) is 6.42 Å². The first kappa shape index (κ1) is 14.7. The van der Waals surface area contributed by atoms with Crippen LogP contribution >= 0.6 is 11.6 Å². The fraction of sp³-hybridized carbons (Fsp3) is 0.625. The number of nitrogens with two attached hydrogens (primary N) is 1. The fourth-order valence-electron chi connectivity index (χ4n) is 2.43. The molecule has 0 radical (unpaired) electrons. The van der Waals surface area contributed by atoms with Crippen LogP contribution < -0.4 is 10.5 Å². The van der Waals surface area contributed by atoms with Gasteiger partial charge in [0.25, 0.3) is 0 Å². The van der Waals surface area contributed by atoms with E-state index in [4.69, 9.17) is 22.1 Å². The Morgan fingerprint density at radius 1 is 1.37 bits per heavy atom. The molecule has 0 amide bonds. The second-order valence-corrected chi connectivity index (χ2v) is 7.13. The summed E-state index contributed by atoms with van der Waals surface area (Å²) >= 11 is 6.19. The highest BCUT2D eigenvalue weighted by Gasteiger charge is 2.26. The first-order valence-corrected chi connectivity index (χ1v) is 7.37. The minimum absolute atomic E-state index is 0.0141. The minimum Gasteiger partial charge on any atom is -0.493 e. The van der Waals surface area contributed by atoms with Crippen molar-refractivity contribution >= 4 is 11.6 Å². The van der Waals surface area contributed by atoms with Gasteiger partial charge in [-0.15, -0.1) is 0 Å². The van der Waals surface area contributed by atoms with Gasteiger partial charge in [0.1, 0.15) is 5.75 Å². The maximum Gasteiger partial charge on any atom is 0.127 e. The Morgan fingerprint density at radius 2 is 2.05 bits per heavy atom. The van der Waals surface area contributed by atoms with Crippen LogP contribution in [0, 0.1) is 11.3 Å². The largest absolute Gasteiger partial charge is 0.493 e. The predicted octanol–water partition coefficient (Wildman–Crippen LogP) is 4.35. The topological polar surface area (TPSA) is 35.2 Å².